The zero-order chi connectivity index (χ0) is 22.7. The summed E-state index contributed by atoms with van der Waals surface area (Å²) in [5, 5.41) is 7.18. The van der Waals surface area contributed by atoms with Crippen LogP contribution in [0.1, 0.15) is 34.1 Å². The lowest BCUT2D eigenvalue weighted by Crippen LogP contribution is -2.15. The first-order valence-corrected chi connectivity index (χ1v) is 11.0. The van der Waals surface area contributed by atoms with Gasteiger partial charge in [-0.1, -0.05) is 16.8 Å². The van der Waals surface area contributed by atoms with Gasteiger partial charge in [-0.15, -0.1) is 11.3 Å². The van der Waals surface area contributed by atoms with Crippen LogP contribution in [0.4, 0.5) is 0 Å². The van der Waals surface area contributed by atoms with E-state index in [0.29, 0.717) is 22.3 Å². The van der Waals surface area contributed by atoms with Crippen molar-refractivity contribution in [3.05, 3.63) is 69.8 Å². The number of aromatic nitrogens is 4. The Morgan fingerprint density at radius 2 is 2.00 bits per heavy atom. The van der Waals surface area contributed by atoms with Gasteiger partial charge in [-0.05, 0) is 44.2 Å². The molecular formula is C22H19ClN4O4S. The second-order valence-electron chi connectivity index (χ2n) is 7.04. The van der Waals surface area contributed by atoms with E-state index in [2.05, 4.69) is 15.1 Å². The number of hydrogen-bond donors (Lipinski definition) is 0. The summed E-state index contributed by atoms with van der Waals surface area (Å²) in [6.07, 6.45) is 1.95. The molecule has 0 amide bonds. The third-order valence-corrected chi connectivity index (χ3v) is 5.83. The molecule has 32 heavy (non-hydrogen) atoms. The van der Waals surface area contributed by atoms with Crippen LogP contribution in [-0.2, 0) is 16.0 Å². The number of carbonyl (C=O) groups excluding carboxylic acids is 2. The second-order valence-corrected chi connectivity index (χ2v) is 8.35. The summed E-state index contributed by atoms with van der Waals surface area (Å²) in [4.78, 5) is 33.3. The lowest BCUT2D eigenvalue weighted by atomic mass is 10.1. The van der Waals surface area contributed by atoms with Gasteiger partial charge >= 0.3 is 5.97 Å². The van der Waals surface area contributed by atoms with Gasteiger partial charge in [0.2, 0.25) is 17.5 Å². The highest BCUT2D eigenvalue weighted by Crippen LogP contribution is 2.23. The minimum absolute atomic E-state index is 0.0215. The average Bonchev–Trinajstić information content (AvgIpc) is 3.52. The Morgan fingerprint density at radius 3 is 2.72 bits per heavy atom. The molecule has 0 unspecified atom stereocenters. The molecule has 0 N–H and O–H groups in total. The number of Topliss-reactive ketones (excluding diaryl/α,β-unsaturated/α-hetero) is 1. The predicted molar refractivity (Wildman–Crippen MR) is 119 cm³/mol. The molecule has 4 aromatic rings. The van der Waals surface area contributed by atoms with Crippen molar-refractivity contribution in [1.82, 2.24) is 19.7 Å². The molecule has 0 radical (unpaired) electrons. The highest BCUT2D eigenvalue weighted by molar-refractivity contribution is 7.12. The Kier molecular flexibility index (Phi) is 6.48. The molecule has 0 atom stereocenters. The number of ether oxygens (including phenoxy) is 1. The minimum Gasteiger partial charge on any atom is -0.457 e. The normalized spacial score (nSPS) is 11.0. The summed E-state index contributed by atoms with van der Waals surface area (Å²) in [5.41, 5.74) is 2.92. The van der Waals surface area contributed by atoms with E-state index in [9.17, 15) is 9.59 Å². The monoisotopic (exact) mass is 470 g/mol. The first-order valence-electron chi connectivity index (χ1n) is 9.78. The highest BCUT2D eigenvalue weighted by Gasteiger charge is 2.19. The van der Waals surface area contributed by atoms with Crippen LogP contribution in [0.15, 0.2) is 46.4 Å². The van der Waals surface area contributed by atoms with Crippen LogP contribution >= 0.6 is 22.9 Å². The van der Waals surface area contributed by atoms with Gasteiger partial charge < -0.3 is 9.26 Å². The largest absolute Gasteiger partial charge is 0.457 e. The molecule has 1 aromatic carbocycles. The van der Waals surface area contributed by atoms with Crippen LogP contribution in [0.5, 0.6) is 0 Å². The summed E-state index contributed by atoms with van der Waals surface area (Å²) in [6, 6.07) is 8.81. The molecule has 0 fully saturated rings. The van der Waals surface area contributed by atoms with Crippen molar-refractivity contribution in [2.75, 3.05) is 6.61 Å². The summed E-state index contributed by atoms with van der Waals surface area (Å²) in [7, 11) is 0. The fourth-order valence-corrected chi connectivity index (χ4v) is 4.12. The molecule has 0 bridgehead atoms. The number of hydrogen-bond acceptors (Lipinski definition) is 8. The molecule has 3 heterocycles. The Balaban J connectivity index is 1.31. The maximum absolute atomic E-state index is 12.6. The first kappa shape index (κ1) is 21.9. The van der Waals surface area contributed by atoms with Gasteiger partial charge in [-0.2, -0.15) is 4.98 Å². The van der Waals surface area contributed by atoms with Crippen molar-refractivity contribution in [2.24, 2.45) is 0 Å². The van der Waals surface area contributed by atoms with Gasteiger partial charge in [0.1, 0.15) is 0 Å². The molecule has 0 aliphatic heterocycles. The number of aryl methyl sites for hydroxylation is 2. The lowest BCUT2D eigenvalue weighted by molar-refractivity contribution is -0.142. The number of ketones is 1. The third-order valence-electron chi connectivity index (χ3n) is 4.82. The number of carbonyl (C=O) groups is 2. The van der Waals surface area contributed by atoms with Crippen molar-refractivity contribution in [1.29, 1.82) is 0 Å². The van der Waals surface area contributed by atoms with E-state index in [0.717, 1.165) is 22.1 Å². The molecule has 0 saturated heterocycles. The molecule has 3 aromatic heterocycles. The fraction of sp³-hybridized carbons (Fsp3) is 0.227. The second kappa shape index (κ2) is 9.46. The Bertz CT molecular complexity index is 1250. The van der Waals surface area contributed by atoms with Crippen LogP contribution in [0.2, 0.25) is 5.02 Å². The van der Waals surface area contributed by atoms with Crippen LogP contribution in [0.3, 0.4) is 0 Å². The van der Waals surface area contributed by atoms with Gasteiger partial charge in [-0.25, -0.2) is 4.98 Å². The number of benzene rings is 1. The van der Waals surface area contributed by atoms with E-state index in [1.807, 2.05) is 23.8 Å². The topological polar surface area (TPSA) is 100 Å². The summed E-state index contributed by atoms with van der Waals surface area (Å²) < 4.78 is 12.3. The zero-order valence-electron chi connectivity index (χ0n) is 17.4. The summed E-state index contributed by atoms with van der Waals surface area (Å²) >= 11 is 7.36. The molecule has 0 saturated carbocycles. The lowest BCUT2D eigenvalue weighted by Gasteiger charge is -2.06. The Labute approximate surface area is 192 Å². The summed E-state index contributed by atoms with van der Waals surface area (Å²) in [6.45, 7) is 3.41. The van der Waals surface area contributed by atoms with E-state index < -0.39 is 5.97 Å². The molecule has 10 heteroatoms. The third kappa shape index (κ3) is 4.79. The van der Waals surface area contributed by atoms with E-state index in [-0.39, 0.29) is 25.2 Å². The van der Waals surface area contributed by atoms with Crippen molar-refractivity contribution in [2.45, 2.75) is 26.7 Å². The number of thiazole rings is 1. The smallest absolute Gasteiger partial charge is 0.306 e. The highest BCUT2D eigenvalue weighted by atomic mass is 35.5. The maximum Gasteiger partial charge on any atom is 0.306 e. The molecule has 8 nitrogen and oxygen atoms in total. The minimum atomic E-state index is -0.515. The van der Waals surface area contributed by atoms with Crippen molar-refractivity contribution < 1.29 is 18.8 Å². The van der Waals surface area contributed by atoms with Gasteiger partial charge in [0.05, 0.1) is 6.42 Å². The standard InChI is InChI=1S/C22H19ClN4O4S/c1-13-11-17(14(2)27(13)22-24-9-10-32-22)18(28)12-30-20(29)8-7-19-25-21(26-31-19)15-3-5-16(23)6-4-15/h3-6,9-11H,7-8,12H2,1-2H3. The number of nitrogens with zero attached hydrogens (tertiary/aromatic N) is 4. The van der Waals surface area contributed by atoms with Crippen LogP contribution in [0, 0.1) is 13.8 Å². The molecule has 0 spiro atoms. The fourth-order valence-electron chi connectivity index (χ4n) is 3.24. The zero-order valence-corrected chi connectivity index (χ0v) is 18.9. The van der Waals surface area contributed by atoms with Crippen LogP contribution in [-0.4, -0.2) is 38.1 Å². The van der Waals surface area contributed by atoms with Gasteiger partial charge in [0.15, 0.2) is 11.7 Å². The van der Waals surface area contributed by atoms with E-state index >= 15 is 0 Å². The van der Waals surface area contributed by atoms with Crippen molar-refractivity contribution in [3.8, 4) is 16.5 Å². The quantitative estimate of drug-likeness (QED) is 0.273. The van der Waals surface area contributed by atoms with Gasteiger partial charge in [0, 0.05) is 45.5 Å². The molecule has 0 aliphatic carbocycles. The molecule has 0 aliphatic rings. The molecule has 4 rings (SSSR count). The SMILES string of the molecule is Cc1cc(C(=O)COC(=O)CCc2nc(-c3ccc(Cl)cc3)no2)c(C)n1-c1nccs1. The Hall–Kier alpha value is -3.30. The van der Waals surface area contributed by atoms with E-state index in [4.69, 9.17) is 20.9 Å². The number of rotatable bonds is 8. The number of halogens is 1. The van der Waals surface area contributed by atoms with Gasteiger partial charge in [-0.3, -0.25) is 14.2 Å². The van der Waals surface area contributed by atoms with Crippen molar-refractivity contribution >= 4 is 34.7 Å². The first-order chi connectivity index (χ1) is 15.4. The van der Waals surface area contributed by atoms with Gasteiger partial charge in [0.25, 0.3) is 0 Å². The molecular weight excluding hydrogens is 452 g/mol. The van der Waals surface area contributed by atoms with Crippen LogP contribution < -0.4 is 0 Å². The Morgan fingerprint density at radius 1 is 1.22 bits per heavy atom. The summed E-state index contributed by atoms with van der Waals surface area (Å²) in [5.74, 6) is -0.0589. The van der Waals surface area contributed by atoms with Crippen LogP contribution in [0.25, 0.3) is 16.5 Å². The van der Waals surface area contributed by atoms with E-state index in [1.165, 1.54) is 11.3 Å². The maximum atomic E-state index is 12.6. The van der Waals surface area contributed by atoms with E-state index in [1.54, 1.807) is 36.5 Å². The van der Waals surface area contributed by atoms with Crippen molar-refractivity contribution in [3.63, 3.8) is 0 Å². The predicted octanol–water partition coefficient (Wildman–Crippen LogP) is 4.61. The molecule has 164 valence electrons. The average molecular weight is 471 g/mol. The number of esters is 1.